The van der Waals surface area contributed by atoms with Crippen molar-refractivity contribution < 1.29 is 0 Å². The molecule has 4 N–H and O–H groups in total. The van der Waals surface area contributed by atoms with E-state index in [-0.39, 0.29) is 18.1 Å². The number of aliphatic imine (C=N–C) groups is 1. The van der Waals surface area contributed by atoms with Crippen molar-refractivity contribution in [2.45, 2.75) is 57.7 Å². The maximum Gasteiger partial charge on any atom is 0.208 e. The minimum Gasteiger partial charge on any atom is -0.352 e. The summed E-state index contributed by atoms with van der Waals surface area (Å²) >= 11 is 0. The molecule has 0 aromatic carbocycles. The third-order valence-corrected chi connectivity index (χ3v) is 6.06. The van der Waals surface area contributed by atoms with E-state index >= 15 is 0 Å². The number of hydrogen-bond acceptors (Lipinski definition) is 6. The van der Waals surface area contributed by atoms with Gasteiger partial charge in [-0.3, -0.25) is 5.32 Å². The fourth-order valence-electron chi connectivity index (χ4n) is 4.43. The molecule has 2 aliphatic rings. The molecule has 1 atom stereocenters. The van der Waals surface area contributed by atoms with Gasteiger partial charge in [-0.15, -0.1) is 0 Å². The average Bonchev–Trinajstić information content (AvgIpc) is 3.10. The van der Waals surface area contributed by atoms with Gasteiger partial charge in [-0.05, 0) is 45.1 Å². The SMILES string of the molecule is Cc1c[nH]c2ncnc(N3CCN(C(=NC4CCC(N)CC4)NC#N)C(C)C3)c12. The smallest absolute Gasteiger partial charge is 0.208 e. The van der Waals surface area contributed by atoms with Crippen LogP contribution in [0.5, 0.6) is 0 Å². The number of aromatic amines is 1. The fourth-order valence-corrected chi connectivity index (χ4v) is 4.43. The van der Waals surface area contributed by atoms with Crippen molar-refractivity contribution in [2.24, 2.45) is 10.7 Å². The first-order chi connectivity index (χ1) is 14.1. The number of H-pyrrole nitrogens is 1. The molecule has 2 aromatic heterocycles. The summed E-state index contributed by atoms with van der Waals surface area (Å²) in [4.78, 5) is 21.5. The van der Waals surface area contributed by atoms with Crippen LogP contribution in [0.15, 0.2) is 17.5 Å². The Bertz CT molecular complexity index is 920. The first kappa shape index (κ1) is 19.5. The van der Waals surface area contributed by atoms with Gasteiger partial charge >= 0.3 is 0 Å². The predicted molar refractivity (Wildman–Crippen MR) is 113 cm³/mol. The molecule has 2 fully saturated rings. The average molecular weight is 396 g/mol. The normalized spacial score (nSPS) is 25.9. The number of aromatic nitrogens is 3. The highest BCUT2D eigenvalue weighted by molar-refractivity contribution is 5.90. The van der Waals surface area contributed by atoms with Crippen LogP contribution < -0.4 is 16.0 Å². The van der Waals surface area contributed by atoms with Crippen molar-refractivity contribution in [3.05, 3.63) is 18.1 Å². The molecule has 9 nitrogen and oxygen atoms in total. The highest BCUT2D eigenvalue weighted by atomic mass is 15.4. The van der Waals surface area contributed by atoms with Crippen LogP contribution in [-0.2, 0) is 0 Å². The van der Waals surface area contributed by atoms with Gasteiger partial charge in [0.2, 0.25) is 5.96 Å². The number of anilines is 1. The van der Waals surface area contributed by atoms with Gasteiger partial charge in [-0.25, -0.2) is 15.0 Å². The molecule has 0 bridgehead atoms. The number of nitrogens with one attached hydrogen (secondary N) is 2. The first-order valence-corrected chi connectivity index (χ1v) is 10.4. The number of nitriles is 1. The summed E-state index contributed by atoms with van der Waals surface area (Å²) in [6, 6.07) is 0.719. The summed E-state index contributed by atoms with van der Waals surface area (Å²) in [5, 5.41) is 13.2. The number of fused-ring (bicyclic) bond motifs is 1. The van der Waals surface area contributed by atoms with Crippen molar-refractivity contribution in [1.29, 1.82) is 5.26 Å². The van der Waals surface area contributed by atoms with E-state index in [0.717, 1.165) is 67.7 Å². The quantitative estimate of drug-likeness (QED) is 0.305. The molecule has 1 aliphatic heterocycles. The van der Waals surface area contributed by atoms with Crippen LogP contribution in [0.1, 0.15) is 38.2 Å². The molecule has 3 heterocycles. The maximum absolute atomic E-state index is 9.26. The van der Waals surface area contributed by atoms with Crippen LogP contribution in [0.25, 0.3) is 11.0 Å². The molecule has 1 aliphatic carbocycles. The van der Waals surface area contributed by atoms with Gasteiger partial charge in [-0.1, -0.05) is 0 Å². The van der Waals surface area contributed by atoms with E-state index in [1.807, 2.05) is 6.20 Å². The molecule has 1 unspecified atom stereocenters. The molecule has 154 valence electrons. The Balaban J connectivity index is 1.51. The molecular formula is C20H29N9. The third-order valence-electron chi connectivity index (χ3n) is 6.06. The second kappa shape index (κ2) is 8.25. The Morgan fingerprint density at radius 2 is 2.10 bits per heavy atom. The number of nitrogens with zero attached hydrogens (tertiary/aromatic N) is 6. The molecule has 0 amide bonds. The predicted octanol–water partition coefficient (Wildman–Crippen LogP) is 1.47. The van der Waals surface area contributed by atoms with Crippen molar-refractivity contribution in [1.82, 2.24) is 25.2 Å². The third kappa shape index (κ3) is 3.98. The van der Waals surface area contributed by atoms with Gasteiger partial charge in [0.15, 0.2) is 6.19 Å². The van der Waals surface area contributed by atoms with Gasteiger partial charge in [0.05, 0.1) is 11.4 Å². The van der Waals surface area contributed by atoms with E-state index in [9.17, 15) is 5.26 Å². The summed E-state index contributed by atoms with van der Waals surface area (Å²) in [7, 11) is 0. The van der Waals surface area contributed by atoms with Crippen LogP contribution in [0.2, 0.25) is 0 Å². The van der Waals surface area contributed by atoms with Gasteiger partial charge < -0.3 is 20.5 Å². The van der Waals surface area contributed by atoms with E-state index < -0.39 is 0 Å². The maximum atomic E-state index is 9.26. The number of hydrogen-bond donors (Lipinski definition) is 3. The summed E-state index contributed by atoms with van der Waals surface area (Å²) in [5.41, 5.74) is 8.03. The van der Waals surface area contributed by atoms with Gasteiger partial charge in [0.1, 0.15) is 17.8 Å². The van der Waals surface area contributed by atoms with Crippen molar-refractivity contribution in [3.63, 3.8) is 0 Å². The van der Waals surface area contributed by atoms with Crippen molar-refractivity contribution in [2.75, 3.05) is 24.5 Å². The van der Waals surface area contributed by atoms with E-state index in [2.05, 4.69) is 50.1 Å². The van der Waals surface area contributed by atoms with Crippen LogP contribution in [0.3, 0.4) is 0 Å². The lowest BCUT2D eigenvalue weighted by Crippen LogP contribution is -2.57. The number of piperazine rings is 1. The fraction of sp³-hybridized carbons (Fsp3) is 0.600. The lowest BCUT2D eigenvalue weighted by molar-refractivity contribution is 0.287. The topological polar surface area (TPSA) is 122 Å². The second-order valence-electron chi connectivity index (χ2n) is 8.14. The minimum atomic E-state index is 0.193. The summed E-state index contributed by atoms with van der Waals surface area (Å²) in [6.45, 7) is 6.62. The summed E-state index contributed by atoms with van der Waals surface area (Å²) < 4.78 is 0. The molecular weight excluding hydrogens is 366 g/mol. The van der Waals surface area contributed by atoms with Gasteiger partial charge in [0.25, 0.3) is 0 Å². The highest BCUT2D eigenvalue weighted by Crippen LogP contribution is 2.28. The first-order valence-electron chi connectivity index (χ1n) is 10.4. The molecule has 1 saturated carbocycles. The molecule has 4 rings (SSSR count). The lowest BCUT2D eigenvalue weighted by Gasteiger charge is -2.42. The van der Waals surface area contributed by atoms with Crippen molar-refractivity contribution >= 4 is 22.8 Å². The van der Waals surface area contributed by atoms with E-state index in [0.29, 0.717) is 5.96 Å². The molecule has 2 aromatic rings. The number of nitrogens with two attached hydrogens (primary N) is 1. The summed E-state index contributed by atoms with van der Waals surface area (Å²) in [5.74, 6) is 1.65. The zero-order valence-corrected chi connectivity index (χ0v) is 17.1. The van der Waals surface area contributed by atoms with E-state index in [4.69, 9.17) is 10.7 Å². The number of guanidine groups is 1. The summed E-state index contributed by atoms with van der Waals surface area (Å²) in [6.07, 6.45) is 9.62. The Morgan fingerprint density at radius 3 is 2.83 bits per heavy atom. The highest BCUT2D eigenvalue weighted by Gasteiger charge is 2.29. The Hall–Kier alpha value is -2.86. The molecule has 0 spiro atoms. The van der Waals surface area contributed by atoms with E-state index in [1.54, 1.807) is 6.33 Å². The lowest BCUT2D eigenvalue weighted by atomic mass is 9.92. The Kier molecular flexibility index (Phi) is 5.53. The van der Waals surface area contributed by atoms with Gasteiger partial charge in [-0.2, -0.15) is 5.26 Å². The van der Waals surface area contributed by atoms with Crippen LogP contribution in [0.4, 0.5) is 5.82 Å². The Morgan fingerprint density at radius 1 is 1.31 bits per heavy atom. The second-order valence-corrected chi connectivity index (χ2v) is 8.14. The van der Waals surface area contributed by atoms with E-state index in [1.165, 1.54) is 0 Å². The number of aryl methyl sites for hydroxylation is 1. The zero-order chi connectivity index (χ0) is 20.4. The van der Waals surface area contributed by atoms with Crippen LogP contribution in [-0.4, -0.2) is 63.6 Å². The van der Waals surface area contributed by atoms with Crippen LogP contribution in [0, 0.1) is 18.4 Å². The van der Waals surface area contributed by atoms with Crippen LogP contribution >= 0.6 is 0 Å². The monoisotopic (exact) mass is 395 g/mol. The largest absolute Gasteiger partial charge is 0.352 e. The number of rotatable bonds is 2. The Labute approximate surface area is 171 Å². The molecule has 1 saturated heterocycles. The molecule has 29 heavy (non-hydrogen) atoms. The van der Waals surface area contributed by atoms with Gasteiger partial charge in [0, 0.05) is 37.9 Å². The minimum absolute atomic E-state index is 0.193. The molecule has 9 heteroatoms. The van der Waals surface area contributed by atoms with Crippen molar-refractivity contribution in [3.8, 4) is 6.19 Å². The molecule has 0 radical (unpaired) electrons. The zero-order valence-electron chi connectivity index (χ0n) is 17.1. The standard InChI is InChI=1S/C20H29N9/c1-13-9-23-18-17(13)19(26-12-25-18)28-7-8-29(14(2)10-28)20(24-11-21)27-16-5-3-15(22)4-6-16/h9,12,14-16H,3-8,10,22H2,1-2H3,(H,24,27)(H,23,25,26).